The predicted octanol–water partition coefficient (Wildman–Crippen LogP) is 2.72. The Kier molecular flexibility index (Phi) is 5.34. The third-order valence-electron chi connectivity index (χ3n) is 5.08. The van der Waals surface area contributed by atoms with Crippen LogP contribution in [0.4, 0.5) is 0 Å². The number of H-pyrrole nitrogens is 1. The van der Waals surface area contributed by atoms with E-state index in [1.54, 1.807) is 12.3 Å². The van der Waals surface area contributed by atoms with Crippen molar-refractivity contribution in [3.63, 3.8) is 0 Å². The summed E-state index contributed by atoms with van der Waals surface area (Å²) in [5.74, 6) is 0.477. The van der Waals surface area contributed by atoms with Crippen LogP contribution in [-0.2, 0) is 4.79 Å². The molecule has 0 saturated carbocycles. The van der Waals surface area contributed by atoms with Crippen molar-refractivity contribution in [1.82, 2.24) is 9.88 Å². The summed E-state index contributed by atoms with van der Waals surface area (Å²) in [6.45, 7) is 2.95. The first-order chi connectivity index (χ1) is 12.1. The number of aliphatic hydroxyl groups is 1. The molecule has 2 N–H and O–H groups in total. The van der Waals surface area contributed by atoms with Crippen LogP contribution in [-0.4, -0.2) is 34.0 Å². The van der Waals surface area contributed by atoms with Gasteiger partial charge in [-0.05, 0) is 48.4 Å². The fraction of sp³-hybridized carbons (Fsp3) is 0.400. The lowest BCUT2D eigenvalue weighted by Crippen LogP contribution is -2.40. The molecule has 1 aromatic carbocycles. The van der Waals surface area contributed by atoms with Gasteiger partial charge in [0, 0.05) is 31.8 Å². The van der Waals surface area contributed by atoms with Crippen molar-refractivity contribution in [2.45, 2.75) is 32.2 Å². The minimum Gasteiger partial charge on any atom is -0.396 e. The number of amides is 1. The first kappa shape index (κ1) is 17.4. The number of nitrogens with one attached hydrogen (secondary N) is 1. The first-order valence-electron chi connectivity index (χ1n) is 8.78. The standard InChI is InChI=1S/C20H24N2O3/c1-14(22-10-8-15(9-11-23)12-20(22)25)16-2-4-17(5-3-16)18-6-7-19(24)21-13-18/h2-7,13-15,23H,8-12H2,1H3,(H,21,24). The summed E-state index contributed by atoms with van der Waals surface area (Å²) in [4.78, 5) is 28.2. The molecule has 1 aliphatic heterocycles. The van der Waals surface area contributed by atoms with Gasteiger partial charge in [0.05, 0.1) is 6.04 Å². The summed E-state index contributed by atoms with van der Waals surface area (Å²) in [5, 5.41) is 9.05. The third kappa shape index (κ3) is 3.99. The lowest BCUT2D eigenvalue weighted by molar-refractivity contribution is -0.137. The molecule has 1 amide bonds. The number of hydrogen-bond acceptors (Lipinski definition) is 3. The smallest absolute Gasteiger partial charge is 0.247 e. The fourth-order valence-electron chi connectivity index (χ4n) is 3.48. The number of pyridine rings is 1. The monoisotopic (exact) mass is 340 g/mol. The summed E-state index contributed by atoms with van der Waals surface area (Å²) < 4.78 is 0. The molecule has 1 aromatic heterocycles. The van der Waals surface area contributed by atoms with Crippen LogP contribution in [0.25, 0.3) is 11.1 Å². The van der Waals surface area contributed by atoms with Crippen LogP contribution in [0.1, 0.15) is 37.8 Å². The van der Waals surface area contributed by atoms with Gasteiger partial charge < -0.3 is 15.0 Å². The van der Waals surface area contributed by atoms with Crippen LogP contribution in [0.3, 0.4) is 0 Å². The summed E-state index contributed by atoms with van der Waals surface area (Å²) in [6, 6.07) is 11.5. The molecule has 1 fully saturated rings. The Bertz CT molecular complexity index is 762. The number of nitrogens with zero attached hydrogens (tertiary/aromatic N) is 1. The molecule has 2 unspecified atom stereocenters. The zero-order valence-corrected chi connectivity index (χ0v) is 14.4. The van der Waals surface area contributed by atoms with E-state index in [0.717, 1.165) is 29.7 Å². The van der Waals surface area contributed by atoms with Gasteiger partial charge in [0.15, 0.2) is 0 Å². The SMILES string of the molecule is CC(c1ccc(-c2ccc(=O)[nH]c2)cc1)N1CCC(CCO)CC1=O. The highest BCUT2D eigenvalue weighted by Gasteiger charge is 2.29. The molecule has 1 saturated heterocycles. The van der Waals surface area contributed by atoms with Crippen LogP contribution in [0.15, 0.2) is 47.4 Å². The summed E-state index contributed by atoms with van der Waals surface area (Å²) in [5.41, 5.74) is 2.97. The molecular formula is C20H24N2O3. The minimum absolute atomic E-state index is 0.0345. The predicted molar refractivity (Wildman–Crippen MR) is 97.1 cm³/mol. The van der Waals surface area contributed by atoms with Crippen molar-refractivity contribution in [3.8, 4) is 11.1 Å². The van der Waals surface area contributed by atoms with Gasteiger partial charge in [-0.2, -0.15) is 0 Å². The van der Waals surface area contributed by atoms with E-state index in [0.29, 0.717) is 18.8 Å². The van der Waals surface area contributed by atoms with E-state index < -0.39 is 0 Å². The molecule has 2 aromatic rings. The zero-order chi connectivity index (χ0) is 17.8. The molecule has 2 heterocycles. The highest BCUT2D eigenvalue weighted by molar-refractivity contribution is 5.77. The Morgan fingerprint density at radius 2 is 1.88 bits per heavy atom. The molecule has 2 atom stereocenters. The number of likely N-dealkylation sites (tertiary alicyclic amines) is 1. The van der Waals surface area contributed by atoms with Crippen molar-refractivity contribution in [3.05, 3.63) is 58.5 Å². The number of carbonyl (C=O) groups excluding carboxylic acids is 1. The number of rotatable bonds is 5. The topological polar surface area (TPSA) is 73.4 Å². The second-order valence-corrected chi connectivity index (χ2v) is 6.70. The average molecular weight is 340 g/mol. The summed E-state index contributed by atoms with van der Waals surface area (Å²) in [7, 11) is 0. The molecule has 0 radical (unpaired) electrons. The molecule has 3 rings (SSSR count). The van der Waals surface area contributed by atoms with Crippen molar-refractivity contribution in [2.75, 3.05) is 13.2 Å². The lowest BCUT2D eigenvalue weighted by Gasteiger charge is -2.36. The van der Waals surface area contributed by atoms with E-state index in [9.17, 15) is 9.59 Å². The van der Waals surface area contributed by atoms with Gasteiger partial charge in [-0.3, -0.25) is 9.59 Å². The molecule has 0 bridgehead atoms. The molecule has 132 valence electrons. The lowest BCUT2D eigenvalue weighted by atomic mass is 9.91. The van der Waals surface area contributed by atoms with E-state index >= 15 is 0 Å². The molecule has 0 aliphatic carbocycles. The highest BCUT2D eigenvalue weighted by Crippen LogP contribution is 2.30. The normalized spacial score (nSPS) is 19.0. The molecular weight excluding hydrogens is 316 g/mol. The Balaban J connectivity index is 1.70. The van der Waals surface area contributed by atoms with E-state index in [-0.39, 0.29) is 24.1 Å². The number of aromatic nitrogens is 1. The number of carbonyl (C=O) groups is 1. The van der Waals surface area contributed by atoms with Crippen LogP contribution >= 0.6 is 0 Å². The Labute approximate surface area is 147 Å². The van der Waals surface area contributed by atoms with E-state index in [1.165, 1.54) is 6.07 Å². The number of aliphatic hydroxyl groups excluding tert-OH is 1. The average Bonchev–Trinajstić information content (AvgIpc) is 2.62. The van der Waals surface area contributed by atoms with Gasteiger partial charge in [-0.1, -0.05) is 24.3 Å². The van der Waals surface area contributed by atoms with Gasteiger partial charge in [0.2, 0.25) is 11.5 Å². The van der Waals surface area contributed by atoms with Crippen LogP contribution < -0.4 is 5.56 Å². The Morgan fingerprint density at radius 3 is 2.48 bits per heavy atom. The molecule has 1 aliphatic rings. The van der Waals surface area contributed by atoms with Gasteiger partial charge in [-0.15, -0.1) is 0 Å². The van der Waals surface area contributed by atoms with Crippen LogP contribution in [0, 0.1) is 5.92 Å². The van der Waals surface area contributed by atoms with Gasteiger partial charge in [0.25, 0.3) is 0 Å². The van der Waals surface area contributed by atoms with E-state index in [1.807, 2.05) is 29.2 Å². The van der Waals surface area contributed by atoms with Gasteiger partial charge in [0.1, 0.15) is 0 Å². The number of hydrogen-bond donors (Lipinski definition) is 2. The van der Waals surface area contributed by atoms with Crippen LogP contribution in [0.2, 0.25) is 0 Å². The molecule has 0 spiro atoms. The molecule has 5 nitrogen and oxygen atoms in total. The van der Waals surface area contributed by atoms with Crippen molar-refractivity contribution in [2.24, 2.45) is 5.92 Å². The molecule has 5 heteroatoms. The van der Waals surface area contributed by atoms with Crippen LogP contribution in [0.5, 0.6) is 0 Å². The number of piperidine rings is 1. The Hall–Kier alpha value is -2.40. The summed E-state index contributed by atoms with van der Waals surface area (Å²) in [6.07, 6.45) is 3.89. The fourth-order valence-corrected chi connectivity index (χ4v) is 3.48. The largest absolute Gasteiger partial charge is 0.396 e. The van der Waals surface area contributed by atoms with Crippen molar-refractivity contribution in [1.29, 1.82) is 0 Å². The highest BCUT2D eigenvalue weighted by atomic mass is 16.3. The quantitative estimate of drug-likeness (QED) is 0.879. The van der Waals surface area contributed by atoms with E-state index in [2.05, 4.69) is 11.9 Å². The summed E-state index contributed by atoms with van der Waals surface area (Å²) >= 11 is 0. The second kappa shape index (κ2) is 7.66. The maximum Gasteiger partial charge on any atom is 0.247 e. The van der Waals surface area contributed by atoms with Crippen molar-refractivity contribution >= 4 is 5.91 Å². The van der Waals surface area contributed by atoms with Gasteiger partial charge >= 0.3 is 0 Å². The zero-order valence-electron chi connectivity index (χ0n) is 14.4. The number of benzene rings is 1. The maximum atomic E-state index is 12.4. The minimum atomic E-state index is -0.114. The third-order valence-corrected chi connectivity index (χ3v) is 5.08. The maximum absolute atomic E-state index is 12.4. The first-order valence-corrected chi connectivity index (χ1v) is 8.78. The van der Waals surface area contributed by atoms with Crippen molar-refractivity contribution < 1.29 is 9.90 Å². The second-order valence-electron chi connectivity index (χ2n) is 6.70. The number of aromatic amines is 1. The van der Waals surface area contributed by atoms with E-state index in [4.69, 9.17) is 5.11 Å². The molecule has 25 heavy (non-hydrogen) atoms. The Morgan fingerprint density at radius 1 is 1.16 bits per heavy atom. The van der Waals surface area contributed by atoms with Gasteiger partial charge in [-0.25, -0.2) is 0 Å².